The molecule has 0 saturated carbocycles. The third-order valence-corrected chi connectivity index (χ3v) is 4.42. The van der Waals surface area contributed by atoms with E-state index < -0.39 is 5.91 Å². The number of nitrogens with two attached hydrogens (primary N) is 1. The van der Waals surface area contributed by atoms with Gasteiger partial charge >= 0.3 is 0 Å². The van der Waals surface area contributed by atoms with E-state index in [0.29, 0.717) is 15.7 Å². The summed E-state index contributed by atoms with van der Waals surface area (Å²) in [7, 11) is 1.43. The lowest BCUT2D eigenvalue weighted by Crippen LogP contribution is -2.21. The Morgan fingerprint density at radius 2 is 2.21 bits per heavy atom. The van der Waals surface area contributed by atoms with Gasteiger partial charge in [-0.1, -0.05) is 19.1 Å². The van der Waals surface area contributed by atoms with Crippen LogP contribution in [-0.2, 0) is 0 Å². The van der Waals surface area contributed by atoms with E-state index in [1.165, 1.54) is 18.0 Å². The van der Waals surface area contributed by atoms with E-state index in [1.54, 1.807) is 12.1 Å². The Morgan fingerprint density at radius 3 is 2.83 bits per heavy atom. The molecule has 0 radical (unpaired) electrons. The second kappa shape index (κ2) is 8.26. The van der Waals surface area contributed by atoms with Gasteiger partial charge in [-0.25, -0.2) is 10.1 Å². The Morgan fingerprint density at radius 1 is 1.45 bits per heavy atom. The fourth-order valence-corrected chi connectivity index (χ4v) is 2.97. The van der Waals surface area contributed by atoms with Crippen molar-refractivity contribution < 1.29 is 19.3 Å². The molecule has 1 aromatic carbocycles. The summed E-state index contributed by atoms with van der Waals surface area (Å²) in [5.74, 6) is -0.318. The van der Waals surface area contributed by atoms with Crippen LogP contribution in [0.2, 0.25) is 0 Å². The molecule has 0 aliphatic carbocycles. The van der Waals surface area contributed by atoms with E-state index in [4.69, 9.17) is 10.5 Å². The van der Waals surface area contributed by atoms with Crippen molar-refractivity contribution in [2.24, 2.45) is 5.10 Å². The number of carbonyl (C=O) groups is 1. The van der Waals surface area contributed by atoms with Crippen molar-refractivity contribution >= 4 is 33.9 Å². The van der Waals surface area contributed by atoms with Crippen molar-refractivity contribution in [1.29, 1.82) is 0 Å². The smallest absolute Gasteiger partial charge is 0.293 e. The van der Waals surface area contributed by atoms with Crippen LogP contribution in [-0.4, -0.2) is 49.6 Å². The number of phenols is 1. The summed E-state index contributed by atoms with van der Waals surface area (Å²) in [5, 5.41) is 28.8. The number of halogens is 1. The molecule has 152 valence electrons. The third-order valence-electron chi connectivity index (χ3n) is 3.81. The number of phenolic OH excluding ortho intramolecular Hbond substituents is 1. The molecular formula is C16H17BrN8O4. The highest BCUT2D eigenvalue weighted by Crippen LogP contribution is 2.34. The molecule has 0 fully saturated rings. The van der Waals surface area contributed by atoms with Gasteiger partial charge in [0.2, 0.25) is 11.6 Å². The molecule has 0 unspecified atom stereocenters. The minimum absolute atomic E-state index is 0.0219. The molecule has 12 nitrogen and oxygen atoms in total. The molecule has 13 heteroatoms. The molecule has 0 atom stereocenters. The highest BCUT2D eigenvalue weighted by molar-refractivity contribution is 9.10. The number of aromatic nitrogens is 5. The molecule has 0 aliphatic heterocycles. The molecule has 2 aromatic heterocycles. The summed E-state index contributed by atoms with van der Waals surface area (Å²) in [6.07, 6.45) is 1.39. The summed E-state index contributed by atoms with van der Waals surface area (Å²) in [6.45, 7) is 3.72. The van der Waals surface area contributed by atoms with Crippen LogP contribution in [0.4, 0.5) is 5.82 Å². The summed E-state index contributed by atoms with van der Waals surface area (Å²) in [6, 6.07) is 3.18. The summed E-state index contributed by atoms with van der Waals surface area (Å²) in [4.78, 5) is 12.6. The first-order chi connectivity index (χ1) is 13.8. The van der Waals surface area contributed by atoms with Crippen LogP contribution < -0.4 is 15.9 Å². The number of benzene rings is 1. The van der Waals surface area contributed by atoms with Crippen LogP contribution in [0, 0.1) is 0 Å². The Labute approximate surface area is 172 Å². The standard InChI is InChI=1S/C16H17BrN8O4/c1-7(2)12-11(20-24-25(12)15-14(18)22-29-23-15)16(27)21-19-6-8-4-9(17)13(26)10(5-8)28-3/h4-7,26H,1-3H3,(H2,18,22)(H,21,27). The zero-order valence-electron chi connectivity index (χ0n) is 15.6. The van der Waals surface area contributed by atoms with Gasteiger partial charge in [0.15, 0.2) is 17.2 Å². The maximum absolute atomic E-state index is 12.6. The summed E-state index contributed by atoms with van der Waals surface area (Å²) in [5.41, 5.74) is 9.21. The minimum atomic E-state index is -0.573. The van der Waals surface area contributed by atoms with Crippen LogP contribution >= 0.6 is 15.9 Å². The lowest BCUT2D eigenvalue weighted by atomic mass is 10.1. The lowest BCUT2D eigenvalue weighted by molar-refractivity contribution is 0.0948. The molecule has 0 bridgehead atoms. The number of hydrazone groups is 1. The number of rotatable bonds is 6. The molecule has 29 heavy (non-hydrogen) atoms. The second-order valence-corrected chi connectivity index (χ2v) is 6.97. The number of aromatic hydroxyl groups is 1. The minimum Gasteiger partial charge on any atom is -0.503 e. The fourth-order valence-electron chi connectivity index (χ4n) is 2.51. The van der Waals surface area contributed by atoms with E-state index in [-0.39, 0.29) is 34.7 Å². The van der Waals surface area contributed by atoms with Crippen molar-refractivity contribution in [3.05, 3.63) is 33.6 Å². The molecular weight excluding hydrogens is 448 g/mol. The summed E-state index contributed by atoms with van der Waals surface area (Å²) < 4.78 is 11.4. The largest absolute Gasteiger partial charge is 0.503 e. The van der Waals surface area contributed by atoms with Crippen LogP contribution in [0.1, 0.15) is 41.5 Å². The van der Waals surface area contributed by atoms with Crippen molar-refractivity contribution in [1.82, 2.24) is 30.7 Å². The average molecular weight is 465 g/mol. The zero-order chi connectivity index (χ0) is 21.1. The number of amides is 1. The second-order valence-electron chi connectivity index (χ2n) is 6.12. The number of nitrogens with zero attached hydrogens (tertiary/aromatic N) is 6. The number of ether oxygens (including phenoxy) is 1. The van der Waals surface area contributed by atoms with Crippen LogP contribution in [0.15, 0.2) is 26.3 Å². The molecule has 1 amide bonds. The highest BCUT2D eigenvalue weighted by Gasteiger charge is 2.25. The van der Waals surface area contributed by atoms with E-state index in [2.05, 4.69) is 51.7 Å². The first kappa shape index (κ1) is 20.3. The fraction of sp³-hybridized carbons (Fsp3) is 0.250. The molecule has 2 heterocycles. The summed E-state index contributed by atoms with van der Waals surface area (Å²) >= 11 is 3.22. The van der Waals surface area contributed by atoms with Crippen LogP contribution in [0.3, 0.4) is 0 Å². The first-order valence-corrected chi connectivity index (χ1v) is 9.06. The van der Waals surface area contributed by atoms with Crippen molar-refractivity contribution in [3.63, 3.8) is 0 Å². The maximum Gasteiger partial charge on any atom is 0.293 e. The normalized spacial score (nSPS) is 11.3. The number of hydrogen-bond donors (Lipinski definition) is 3. The molecule has 0 aliphatic rings. The van der Waals surface area contributed by atoms with E-state index in [9.17, 15) is 9.90 Å². The van der Waals surface area contributed by atoms with Gasteiger partial charge in [-0.05, 0) is 49.9 Å². The quantitative estimate of drug-likeness (QED) is 0.362. The lowest BCUT2D eigenvalue weighted by Gasteiger charge is -2.08. The molecule has 3 rings (SSSR count). The Balaban J connectivity index is 1.83. The zero-order valence-corrected chi connectivity index (χ0v) is 17.2. The van der Waals surface area contributed by atoms with Gasteiger partial charge in [-0.3, -0.25) is 4.79 Å². The van der Waals surface area contributed by atoms with Gasteiger partial charge < -0.3 is 15.6 Å². The number of hydrogen-bond acceptors (Lipinski definition) is 10. The van der Waals surface area contributed by atoms with Gasteiger partial charge in [0.1, 0.15) is 0 Å². The third kappa shape index (κ3) is 4.03. The molecule has 3 aromatic rings. The SMILES string of the molecule is COc1cc(C=NNC(=O)c2nnn(-c3nonc3N)c2C(C)C)cc(Br)c1O. The predicted molar refractivity (Wildman–Crippen MR) is 105 cm³/mol. The number of nitrogens with one attached hydrogen (secondary N) is 1. The van der Waals surface area contributed by atoms with Crippen molar-refractivity contribution in [2.45, 2.75) is 19.8 Å². The number of nitrogen functional groups attached to an aromatic ring is 1. The number of methoxy groups -OCH3 is 1. The predicted octanol–water partition coefficient (Wildman–Crippen LogP) is 1.60. The first-order valence-electron chi connectivity index (χ1n) is 8.27. The number of anilines is 1. The van der Waals surface area contributed by atoms with Gasteiger partial charge in [-0.2, -0.15) is 9.78 Å². The Hall–Kier alpha value is -3.48. The van der Waals surface area contributed by atoms with Crippen LogP contribution in [0.5, 0.6) is 11.5 Å². The van der Waals surface area contributed by atoms with E-state index in [0.717, 1.165) is 0 Å². The Kier molecular flexibility index (Phi) is 5.77. The maximum atomic E-state index is 12.6. The van der Waals surface area contributed by atoms with Gasteiger partial charge in [0.05, 0.1) is 23.5 Å². The van der Waals surface area contributed by atoms with Gasteiger partial charge in [-0.15, -0.1) is 5.10 Å². The average Bonchev–Trinajstić information content (AvgIpc) is 3.30. The monoisotopic (exact) mass is 464 g/mol. The van der Waals surface area contributed by atoms with Gasteiger partial charge in [0.25, 0.3) is 5.91 Å². The topological polar surface area (TPSA) is 167 Å². The Bertz CT molecular complexity index is 1080. The van der Waals surface area contributed by atoms with Crippen molar-refractivity contribution in [2.75, 3.05) is 12.8 Å². The highest BCUT2D eigenvalue weighted by atomic mass is 79.9. The van der Waals surface area contributed by atoms with Crippen molar-refractivity contribution in [3.8, 4) is 17.3 Å². The van der Waals surface area contributed by atoms with Crippen LogP contribution in [0.25, 0.3) is 5.82 Å². The molecule has 0 saturated heterocycles. The number of carbonyl (C=O) groups excluding carboxylic acids is 1. The molecule has 4 N–H and O–H groups in total. The molecule has 0 spiro atoms. The van der Waals surface area contributed by atoms with E-state index in [1.807, 2.05) is 13.8 Å². The van der Waals surface area contributed by atoms with E-state index >= 15 is 0 Å². The van der Waals surface area contributed by atoms with Gasteiger partial charge in [0, 0.05) is 0 Å².